The summed E-state index contributed by atoms with van der Waals surface area (Å²) in [6.45, 7) is 2.88. The second-order valence-electron chi connectivity index (χ2n) is 5.35. The van der Waals surface area contributed by atoms with Crippen LogP contribution in [0.2, 0.25) is 0 Å². The lowest BCUT2D eigenvalue weighted by Crippen LogP contribution is -2.36. The molecule has 0 aliphatic heterocycles. The third kappa shape index (κ3) is 3.50. The third-order valence-electron chi connectivity index (χ3n) is 3.91. The summed E-state index contributed by atoms with van der Waals surface area (Å²) in [7, 11) is 0. The lowest BCUT2D eigenvalue weighted by atomic mass is 10.1. The van der Waals surface area contributed by atoms with E-state index in [-0.39, 0.29) is 12.6 Å². The average molecular weight is 327 g/mol. The third-order valence-corrected chi connectivity index (χ3v) is 4.55. The number of nitrogens with zero attached hydrogens (tertiary/aromatic N) is 1. The lowest BCUT2D eigenvalue weighted by molar-refractivity contribution is 0.297. The van der Waals surface area contributed by atoms with Crippen LogP contribution in [0.15, 0.2) is 22.7 Å². The zero-order valence-electron chi connectivity index (χ0n) is 11.5. The van der Waals surface area contributed by atoms with Crippen LogP contribution >= 0.6 is 15.9 Å². The number of anilines is 1. The molecule has 0 amide bonds. The summed E-state index contributed by atoms with van der Waals surface area (Å²) in [5.74, 6) is 0. The fourth-order valence-electron chi connectivity index (χ4n) is 2.86. The molecule has 4 heteroatoms. The highest BCUT2D eigenvalue weighted by atomic mass is 79.9. The van der Waals surface area contributed by atoms with Crippen LogP contribution in [0.1, 0.15) is 44.2 Å². The first kappa shape index (κ1) is 14.8. The highest BCUT2D eigenvalue weighted by Gasteiger charge is 2.24. The number of halogens is 1. The molecule has 19 heavy (non-hydrogen) atoms. The number of hydrogen-bond donors (Lipinski definition) is 2. The van der Waals surface area contributed by atoms with E-state index in [0.29, 0.717) is 12.6 Å². The highest BCUT2D eigenvalue weighted by molar-refractivity contribution is 9.10. The van der Waals surface area contributed by atoms with Crippen molar-refractivity contribution in [1.82, 2.24) is 0 Å². The number of aliphatic hydroxyl groups excluding tert-OH is 1. The first-order valence-electron chi connectivity index (χ1n) is 7.06. The molecule has 0 aromatic heterocycles. The van der Waals surface area contributed by atoms with Crippen molar-refractivity contribution >= 4 is 21.6 Å². The van der Waals surface area contributed by atoms with Crippen LogP contribution < -0.4 is 10.6 Å². The van der Waals surface area contributed by atoms with Crippen molar-refractivity contribution in [2.45, 2.75) is 44.7 Å². The van der Waals surface area contributed by atoms with E-state index in [4.69, 9.17) is 5.73 Å². The molecule has 1 fully saturated rings. The Morgan fingerprint density at radius 3 is 2.63 bits per heavy atom. The van der Waals surface area contributed by atoms with E-state index in [0.717, 1.165) is 10.0 Å². The normalized spacial score (nSPS) is 17.7. The molecule has 0 spiro atoms. The minimum absolute atomic E-state index is 0.0446. The predicted molar refractivity (Wildman–Crippen MR) is 83.4 cm³/mol. The van der Waals surface area contributed by atoms with Gasteiger partial charge in [-0.15, -0.1) is 0 Å². The van der Waals surface area contributed by atoms with Crippen LogP contribution in [0.4, 0.5) is 5.69 Å². The van der Waals surface area contributed by atoms with Gasteiger partial charge >= 0.3 is 0 Å². The van der Waals surface area contributed by atoms with Crippen LogP contribution in [-0.4, -0.2) is 24.3 Å². The van der Waals surface area contributed by atoms with Gasteiger partial charge in [-0.3, -0.25) is 0 Å². The first-order chi connectivity index (χ1) is 9.13. The van der Waals surface area contributed by atoms with Crippen molar-refractivity contribution in [2.75, 3.05) is 18.1 Å². The topological polar surface area (TPSA) is 49.5 Å². The molecule has 0 heterocycles. The van der Waals surface area contributed by atoms with Crippen LogP contribution in [0.25, 0.3) is 0 Å². The van der Waals surface area contributed by atoms with Crippen LogP contribution in [0.5, 0.6) is 0 Å². The van der Waals surface area contributed by atoms with E-state index < -0.39 is 0 Å². The summed E-state index contributed by atoms with van der Waals surface area (Å²) >= 11 is 3.65. The van der Waals surface area contributed by atoms with Crippen molar-refractivity contribution in [1.29, 1.82) is 0 Å². The molecule has 106 valence electrons. The Labute approximate surface area is 123 Å². The van der Waals surface area contributed by atoms with Crippen molar-refractivity contribution in [3.05, 3.63) is 28.2 Å². The van der Waals surface area contributed by atoms with Crippen LogP contribution in [0.3, 0.4) is 0 Å². The van der Waals surface area contributed by atoms with Gasteiger partial charge in [-0.05, 0) is 53.4 Å². The van der Waals surface area contributed by atoms with E-state index >= 15 is 0 Å². The zero-order valence-corrected chi connectivity index (χ0v) is 13.1. The van der Waals surface area contributed by atoms with E-state index in [1.807, 2.05) is 6.92 Å². The van der Waals surface area contributed by atoms with Gasteiger partial charge in [0.2, 0.25) is 0 Å². The van der Waals surface area contributed by atoms with Gasteiger partial charge in [0.05, 0.1) is 12.3 Å². The minimum atomic E-state index is 0.0446. The minimum Gasteiger partial charge on any atom is -0.395 e. The smallest absolute Gasteiger partial charge is 0.0606 e. The van der Waals surface area contributed by atoms with Gasteiger partial charge in [-0.2, -0.15) is 0 Å². The molecular weight excluding hydrogens is 304 g/mol. The molecule has 0 saturated heterocycles. The molecule has 1 aliphatic rings. The van der Waals surface area contributed by atoms with E-state index in [1.54, 1.807) is 0 Å². The second kappa shape index (κ2) is 6.73. The van der Waals surface area contributed by atoms with Gasteiger partial charge in [0.15, 0.2) is 0 Å². The largest absolute Gasteiger partial charge is 0.395 e. The summed E-state index contributed by atoms with van der Waals surface area (Å²) < 4.78 is 1.07. The maximum absolute atomic E-state index is 9.32. The molecule has 1 aromatic rings. The summed E-state index contributed by atoms with van der Waals surface area (Å²) in [5, 5.41) is 9.32. The number of aliphatic hydroxyl groups is 1. The van der Waals surface area contributed by atoms with Gasteiger partial charge < -0.3 is 15.7 Å². The molecule has 0 radical (unpaired) electrons. The monoisotopic (exact) mass is 326 g/mol. The summed E-state index contributed by atoms with van der Waals surface area (Å²) in [6.07, 6.45) is 5.03. The zero-order chi connectivity index (χ0) is 13.8. The van der Waals surface area contributed by atoms with E-state index in [2.05, 4.69) is 39.0 Å². The average Bonchev–Trinajstić information content (AvgIpc) is 2.90. The van der Waals surface area contributed by atoms with Gasteiger partial charge in [0.25, 0.3) is 0 Å². The van der Waals surface area contributed by atoms with Gasteiger partial charge in [0.1, 0.15) is 0 Å². The fourth-order valence-corrected chi connectivity index (χ4v) is 3.49. The summed E-state index contributed by atoms with van der Waals surface area (Å²) in [4.78, 5) is 2.34. The van der Waals surface area contributed by atoms with E-state index in [1.165, 1.54) is 31.4 Å². The molecule has 1 saturated carbocycles. The Morgan fingerprint density at radius 2 is 2.11 bits per heavy atom. The Morgan fingerprint density at radius 1 is 1.42 bits per heavy atom. The molecule has 1 aliphatic carbocycles. The van der Waals surface area contributed by atoms with E-state index in [9.17, 15) is 5.11 Å². The first-order valence-corrected chi connectivity index (χ1v) is 7.85. The van der Waals surface area contributed by atoms with Crippen molar-refractivity contribution in [2.24, 2.45) is 5.73 Å². The summed E-state index contributed by atoms with van der Waals surface area (Å²) in [5.41, 5.74) is 8.22. The molecule has 1 atom stereocenters. The Balaban J connectivity index is 2.25. The maximum atomic E-state index is 9.32. The van der Waals surface area contributed by atoms with Crippen LogP contribution in [-0.2, 0) is 0 Å². The summed E-state index contributed by atoms with van der Waals surface area (Å²) in [6, 6.07) is 6.91. The van der Waals surface area contributed by atoms with Crippen LogP contribution in [0, 0.1) is 0 Å². The Kier molecular flexibility index (Phi) is 5.25. The molecule has 3 N–H and O–H groups in total. The quantitative estimate of drug-likeness (QED) is 0.873. The highest BCUT2D eigenvalue weighted by Crippen LogP contribution is 2.34. The van der Waals surface area contributed by atoms with Crippen molar-refractivity contribution < 1.29 is 5.11 Å². The van der Waals surface area contributed by atoms with Crippen molar-refractivity contribution in [3.8, 4) is 0 Å². The molecule has 1 aromatic carbocycles. The van der Waals surface area contributed by atoms with Gasteiger partial charge in [0, 0.05) is 23.1 Å². The molecule has 0 unspecified atom stereocenters. The van der Waals surface area contributed by atoms with Gasteiger partial charge in [-0.25, -0.2) is 0 Å². The maximum Gasteiger partial charge on any atom is 0.0606 e. The number of hydrogen-bond acceptors (Lipinski definition) is 3. The molecular formula is C15H23BrN2O. The predicted octanol–water partition coefficient (Wildman–Crippen LogP) is 3.21. The fraction of sp³-hybridized carbons (Fsp3) is 0.600. The SMILES string of the molecule is C[C@@H](N)c1ccc(N(CCO)C2CCCC2)c(Br)c1. The molecule has 0 bridgehead atoms. The van der Waals surface area contributed by atoms with Gasteiger partial charge in [-0.1, -0.05) is 18.9 Å². The Bertz CT molecular complexity index is 417. The molecule has 2 rings (SSSR count). The number of nitrogens with two attached hydrogens (primary N) is 1. The number of benzene rings is 1. The number of rotatable bonds is 5. The Hall–Kier alpha value is -0.580. The van der Waals surface area contributed by atoms with Crippen molar-refractivity contribution in [3.63, 3.8) is 0 Å². The second-order valence-corrected chi connectivity index (χ2v) is 6.21. The standard InChI is InChI=1S/C15H23BrN2O/c1-11(17)12-6-7-15(14(16)10-12)18(8-9-19)13-4-2-3-5-13/h6-7,10-11,13,19H,2-5,8-9,17H2,1H3/t11-/m1/s1. The lowest BCUT2D eigenvalue weighted by Gasteiger charge is -2.31. The molecule has 3 nitrogen and oxygen atoms in total.